The van der Waals surface area contributed by atoms with Gasteiger partial charge in [0.05, 0.1) is 24.7 Å². The van der Waals surface area contributed by atoms with Crippen LogP contribution in [0.2, 0.25) is 0 Å². The maximum absolute atomic E-state index is 6.14. The third-order valence-corrected chi connectivity index (χ3v) is 4.80. The quantitative estimate of drug-likeness (QED) is 0.847. The molecule has 2 saturated heterocycles. The molecule has 2 atom stereocenters. The van der Waals surface area contributed by atoms with Crippen molar-refractivity contribution in [2.24, 2.45) is 5.92 Å². The number of hydrogen-bond acceptors (Lipinski definition) is 5. The molecule has 6 nitrogen and oxygen atoms in total. The van der Waals surface area contributed by atoms with E-state index in [0.29, 0.717) is 11.7 Å². The maximum atomic E-state index is 6.14. The predicted molar refractivity (Wildman–Crippen MR) is 86.2 cm³/mol. The third kappa shape index (κ3) is 2.43. The summed E-state index contributed by atoms with van der Waals surface area (Å²) in [5, 5.41) is 0.844. The van der Waals surface area contributed by atoms with Gasteiger partial charge in [0.25, 0.3) is 0 Å². The average molecular weight is 365 g/mol. The fourth-order valence-electron chi connectivity index (χ4n) is 2.92. The van der Waals surface area contributed by atoms with Crippen LogP contribution in [-0.2, 0) is 9.47 Å². The molecule has 0 saturated carbocycles. The number of rotatable bonds is 3. The van der Waals surface area contributed by atoms with Crippen molar-refractivity contribution in [1.29, 1.82) is 0 Å². The number of nitrogen functional groups attached to an aromatic ring is 1. The first-order valence-electron chi connectivity index (χ1n) is 7.40. The van der Waals surface area contributed by atoms with Gasteiger partial charge in [-0.05, 0) is 28.8 Å². The van der Waals surface area contributed by atoms with Gasteiger partial charge >= 0.3 is 0 Å². The van der Waals surface area contributed by atoms with Gasteiger partial charge in [0, 0.05) is 16.6 Å². The fourth-order valence-corrected chi connectivity index (χ4v) is 3.52. The zero-order valence-corrected chi connectivity index (χ0v) is 13.6. The molecule has 22 heavy (non-hydrogen) atoms. The van der Waals surface area contributed by atoms with Crippen LogP contribution in [-0.4, -0.2) is 33.9 Å². The molecule has 0 radical (unpaired) electrons. The second-order valence-corrected chi connectivity index (χ2v) is 6.59. The van der Waals surface area contributed by atoms with Gasteiger partial charge in [-0.2, -0.15) is 0 Å². The standard InChI is InChI=1S/C15H17BrN4O2/c16-11-5-20(15-13(11)14(17)18-8-19-15)12-4-3-10(22-12)2-1-9-6-21-7-9/h1-2,5,8-10,12H,3-4,6-7H2,(H2,17,18,19)/b2-1+/t10-,12+/m0/s1. The van der Waals surface area contributed by atoms with E-state index in [1.807, 2.05) is 10.8 Å². The summed E-state index contributed by atoms with van der Waals surface area (Å²) in [5.41, 5.74) is 6.75. The average Bonchev–Trinajstić information content (AvgIpc) is 3.03. The molecule has 2 aliphatic heterocycles. The Hall–Kier alpha value is -1.44. The van der Waals surface area contributed by atoms with Crippen LogP contribution < -0.4 is 5.73 Å². The number of anilines is 1. The van der Waals surface area contributed by atoms with E-state index >= 15 is 0 Å². The Morgan fingerprint density at radius 3 is 2.91 bits per heavy atom. The molecular weight excluding hydrogens is 348 g/mol. The Labute approximate surface area is 136 Å². The van der Waals surface area contributed by atoms with Crippen LogP contribution in [0.5, 0.6) is 0 Å². The first-order chi connectivity index (χ1) is 10.7. The van der Waals surface area contributed by atoms with Crippen molar-refractivity contribution in [2.75, 3.05) is 18.9 Å². The van der Waals surface area contributed by atoms with Crippen molar-refractivity contribution in [2.45, 2.75) is 25.2 Å². The smallest absolute Gasteiger partial charge is 0.148 e. The zero-order valence-electron chi connectivity index (χ0n) is 12.0. The van der Waals surface area contributed by atoms with Gasteiger partial charge < -0.3 is 19.8 Å². The largest absolute Gasteiger partial charge is 0.383 e. The second-order valence-electron chi connectivity index (χ2n) is 5.73. The molecule has 2 aromatic heterocycles. The first-order valence-corrected chi connectivity index (χ1v) is 8.19. The molecule has 0 aromatic carbocycles. The third-order valence-electron chi connectivity index (χ3n) is 4.19. The summed E-state index contributed by atoms with van der Waals surface area (Å²) in [4.78, 5) is 8.40. The molecule has 2 aliphatic rings. The molecule has 2 N–H and O–H groups in total. The van der Waals surface area contributed by atoms with Crippen molar-refractivity contribution in [1.82, 2.24) is 14.5 Å². The van der Waals surface area contributed by atoms with E-state index in [-0.39, 0.29) is 12.3 Å². The number of nitrogens with zero attached hydrogens (tertiary/aromatic N) is 3. The minimum atomic E-state index is -0.0182. The summed E-state index contributed by atoms with van der Waals surface area (Å²) >= 11 is 3.53. The van der Waals surface area contributed by atoms with E-state index in [1.54, 1.807) is 0 Å². The molecule has 2 aromatic rings. The number of ether oxygens (including phenoxy) is 2. The predicted octanol–water partition coefficient (Wildman–Crippen LogP) is 2.66. The summed E-state index contributed by atoms with van der Waals surface area (Å²) in [6.45, 7) is 1.66. The van der Waals surface area contributed by atoms with Gasteiger partial charge in [0.2, 0.25) is 0 Å². The first kappa shape index (κ1) is 14.2. The SMILES string of the molecule is Nc1ncnc2c1c(Br)cn2[C@H]1CC[C@H](/C=C/C2COC2)O1. The zero-order chi connectivity index (χ0) is 15.1. The highest BCUT2D eigenvalue weighted by Gasteiger charge is 2.27. The lowest BCUT2D eigenvalue weighted by Crippen LogP contribution is -2.25. The van der Waals surface area contributed by atoms with Crippen LogP contribution in [0.1, 0.15) is 19.1 Å². The maximum Gasteiger partial charge on any atom is 0.148 e. The van der Waals surface area contributed by atoms with Crippen molar-refractivity contribution >= 4 is 32.8 Å². The van der Waals surface area contributed by atoms with Gasteiger partial charge in [0.1, 0.15) is 24.0 Å². The van der Waals surface area contributed by atoms with Crippen molar-refractivity contribution in [3.8, 4) is 0 Å². The van der Waals surface area contributed by atoms with Crippen LogP contribution >= 0.6 is 15.9 Å². The van der Waals surface area contributed by atoms with Gasteiger partial charge in [0.15, 0.2) is 0 Å². The monoisotopic (exact) mass is 364 g/mol. The molecule has 0 amide bonds. The summed E-state index contributed by atoms with van der Waals surface area (Å²) in [6, 6.07) is 0. The lowest BCUT2D eigenvalue weighted by molar-refractivity contribution is -0.00930. The normalized spacial score (nSPS) is 26.0. The van der Waals surface area contributed by atoms with Crippen LogP contribution in [0.3, 0.4) is 0 Å². The lowest BCUT2D eigenvalue weighted by Gasteiger charge is -2.22. The summed E-state index contributed by atoms with van der Waals surface area (Å²) < 4.78 is 14.3. The van der Waals surface area contributed by atoms with Crippen molar-refractivity contribution in [3.63, 3.8) is 0 Å². The summed E-state index contributed by atoms with van der Waals surface area (Å²) in [6.07, 6.45) is 9.94. The molecule has 7 heteroatoms. The number of nitrogens with two attached hydrogens (primary N) is 1. The van der Waals surface area contributed by atoms with E-state index in [4.69, 9.17) is 15.2 Å². The number of halogens is 1. The Balaban J connectivity index is 1.56. The number of hydrogen-bond donors (Lipinski definition) is 1. The second kappa shape index (κ2) is 5.64. The van der Waals surface area contributed by atoms with E-state index in [2.05, 4.69) is 38.0 Å². The van der Waals surface area contributed by atoms with E-state index in [1.165, 1.54) is 6.33 Å². The Morgan fingerprint density at radius 2 is 2.14 bits per heavy atom. The van der Waals surface area contributed by atoms with Gasteiger partial charge in [-0.15, -0.1) is 0 Å². The minimum absolute atomic E-state index is 0.0182. The highest BCUT2D eigenvalue weighted by molar-refractivity contribution is 9.10. The van der Waals surface area contributed by atoms with Gasteiger partial charge in [-0.25, -0.2) is 9.97 Å². The van der Waals surface area contributed by atoms with Crippen LogP contribution in [0.25, 0.3) is 11.0 Å². The number of aromatic nitrogens is 3. The van der Waals surface area contributed by atoms with E-state index < -0.39 is 0 Å². The molecule has 0 bridgehead atoms. The fraction of sp³-hybridized carbons (Fsp3) is 0.467. The summed E-state index contributed by atoms with van der Waals surface area (Å²) in [5.74, 6) is 1.03. The molecule has 0 spiro atoms. The minimum Gasteiger partial charge on any atom is -0.383 e. The molecule has 0 unspecified atom stereocenters. The molecular formula is C15H17BrN4O2. The molecule has 116 valence electrons. The molecule has 4 rings (SSSR count). The van der Waals surface area contributed by atoms with Gasteiger partial charge in [-0.1, -0.05) is 12.2 Å². The van der Waals surface area contributed by atoms with Crippen molar-refractivity contribution < 1.29 is 9.47 Å². The molecule has 4 heterocycles. The number of fused-ring (bicyclic) bond motifs is 1. The summed E-state index contributed by atoms with van der Waals surface area (Å²) in [7, 11) is 0. The van der Waals surface area contributed by atoms with E-state index in [0.717, 1.165) is 41.6 Å². The topological polar surface area (TPSA) is 75.2 Å². The Kier molecular flexibility index (Phi) is 3.63. The molecule has 2 fully saturated rings. The highest BCUT2D eigenvalue weighted by atomic mass is 79.9. The van der Waals surface area contributed by atoms with E-state index in [9.17, 15) is 0 Å². The van der Waals surface area contributed by atoms with Crippen LogP contribution in [0, 0.1) is 5.92 Å². The lowest BCUT2D eigenvalue weighted by atomic mass is 10.1. The van der Waals surface area contributed by atoms with Crippen LogP contribution in [0.15, 0.2) is 29.1 Å². The van der Waals surface area contributed by atoms with Gasteiger partial charge in [-0.3, -0.25) is 0 Å². The Bertz CT molecular complexity index is 726. The Morgan fingerprint density at radius 1 is 1.27 bits per heavy atom. The van der Waals surface area contributed by atoms with Crippen molar-refractivity contribution in [3.05, 3.63) is 29.1 Å². The van der Waals surface area contributed by atoms with Crippen LogP contribution in [0.4, 0.5) is 5.82 Å². The molecule has 0 aliphatic carbocycles. The highest BCUT2D eigenvalue weighted by Crippen LogP contribution is 2.36.